The lowest BCUT2D eigenvalue weighted by molar-refractivity contribution is -0.149. The standard InChI is InChI=1S/C19H26N2O4/c1-25-16-8-2-5-14(11-16)6-4-10-20-18(24)21-12-15-7-3-9-19(15,13-21)17(22)23/h2,5,8,11,15H,3-4,6-7,9-10,12-13H2,1H3,(H,20,24)(H,22,23)/t15-,19+/m0/s1. The highest BCUT2D eigenvalue weighted by Gasteiger charge is 2.55. The number of carboxylic acids is 1. The molecule has 1 saturated heterocycles. The fraction of sp³-hybridized carbons (Fsp3) is 0.579. The van der Waals surface area contributed by atoms with Crippen LogP contribution < -0.4 is 10.1 Å². The maximum absolute atomic E-state index is 12.4. The molecule has 1 aliphatic carbocycles. The minimum Gasteiger partial charge on any atom is -0.497 e. The number of ether oxygens (including phenoxy) is 1. The van der Waals surface area contributed by atoms with Crippen LogP contribution in [-0.2, 0) is 11.2 Å². The molecule has 1 aromatic carbocycles. The molecule has 1 saturated carbocycles. The predicted octanol–water partition coefficient (Wildman–Crippen LogP) is 2.52. The van der Waals surface area contributed by atoms with Crippen LogP contribution in [-0.4, -0.2) is 48.8 Å². The van der Waals surface area contributed by atoms with Crippen molar-refractivity contribution in [1.29, 1.82) is 0 Å². The van der Waals surface area contributed by atoms with Crippen LogP contribution in [0.2, 0.25) is 0 Å². The molecule has 0 aromatic heterocycles. The molecule has 0 spiro atoms. The molecule has 2 amide bonds. The molecule has 1 heterocycles. The first-order valence-corrected chi connectivity index (χ1v) is 8.94. The number of carboxylic acid groups (broad SMARTS) is 1. The third-order valence-electron chi connectivity index (χ3n) is 5.64. The number of carbonyl (C=O) groups excluding carboxylic acids is 1. The monoisotopic (exact) mass is 346 g/mol. The van der Waals surface area contributed by atoms with Gasteiger partial charge in [-0.2, -0.15) is 0 Å². The van der Waals surface area contributed by atoms with Crippen LogP contribution in [0.25, 0.3) is 0 Å². The fourth-order valence-electron chi connectivity index (χ4n) is 4.22. The van der Waals surface area contributed by atoms with Gasteiger partial charge in [-0.1, -0.05) is 18.6 Å². The van der Waals surface area contributed by atoms with Crippen LogP contribution in [0.1, 0.15) is 31.2 Å². The summed E-state index contributed by atoms with van der Waals surface area (Å²) < 4.78 is 5.21. The summed E-state index contributed by atoms with van der Waals surface area (Å²) in [4.78, 5) is 25.7. The molecule has 1 aliphatic heterocycles. The third kappa shape index (κ3) is 3.57. The maximum Gasteiger partial charge on any atom is 0.317 e. The molecule has 2 aliphatic rings. The molecule has 0 bridgehead atoms. The van der Waals surface area contributed by atoms with Crippen molar-refractivity contribution in [3.8, 4) is 5.75 Å². The van der Waals surface area contributed by atoms with Crippen LogP contribution in [0.15, 0.2) is 24.3 Å². The first kappa shape index (κ1) is 17.6. The minimum atomic E-state index is -0.747. The number of urea groups is 1. The summed E-state index contributed by atoms with van der Waals surface area (Å²) in [6, 6.07) is 7.78. The van der Waals surface area contributed by atoms with Gasteiger partial charge in [0.1, 0.15) is 5.75 Å². The van der Waals surface area contributed by atoms with E-state index in [1.807, 2.05) is 24.3 Å². The lowest BCUT2D eigenvalue weighted by Crippen LogP contribution is -2.42. The summed E-state index contributed by atoms with van der Waals surface area (Å²) in [6.45, 7) is 1.49. The fourth-order valence-corrected chi connectivity index (χ4v) is 4.22. The van der Waals surface area contributed by atoms with Crippen LogP contribution in [0.5, 0.6) is 5.75 Å². The number of nitrogens with zero attached hydrogens (tertiary/aromatic N) is 1. The van der Waals surface area contributed by atoms with E-state index in [2.05, 4.69) is 5.32 Å². The number of hydrogen-bond donors (Lipinski definition) is 2. The first-order chi connectivity index (χ1) is 12.0. The molecule has 0 radical (unpaired) electrons. The van der Waals surface area contributed by atoms with Crippen LogP contribution in [0, 0.1) is 11.3 Å². The highest BCUT2D eigenvalue weighted by atomic mass is 16.5. The number of aliphatic carboxylic acids is 1. The number of fused-ring (bicyclic) bond motifs is 1. The van der Waals surface area contributed by atoms with E-state index < -0.39 is 11.4 Å². The quantitative estimate of drug-likeness (QED) is 0.776. The molecular formula is C19H26N2O4. The highest BCUT2D eigenvalue weighted by Crippen LogP contribution is 2.48. The summed E-state index contributed by atoms with van der Waals surface area (Å²) in [7, 11) is 1.65. The van der Waals surface area contributed by atoms with Gasteiger partial charge in [-0.15, -0.1) is 0 Å². The Balaban J connectivity index is 1.45. The van der Waals surface area contributed by atoms with Crippen molar-refractivity contribution in [1.82, 2.24) is 10.2 Å². The SMILES string of the molecule is COc1cccc(CCCNC(=O)N2C[C@@H]3CCC[C@@]3(C(=O)O)C2)c1. The zero-order valence-corrected chi connectivity index (χ0v) is 14.7. The van der Waals surface area contributed by atoms with Gasteiger partial charge in [-0.3, -0.25) is 4.79 Å². The van der Waals surface area contributed by atoms with Gasteiger partial charge < -0.3 is 20.1 Å². The molecule has 2 atom stereocenters. The van der Waals surface area contributed by atoms with Gasteiger partial charge in [-0.05, 0) is 49.3 Å². The summed E-state index contributed by atoms with van der Waals surface area (Å²) in [5.41, 5.74) is 0.465. The van der Waals surface area contributed by atoms with Gasteiger partial charge in [0.05, 0.1) is 12.5 Å². The van der Waals surface area contributed by atoms with Crippen LogP contribution >= 0.6 is 0 Å². The lowest BCUT2D eigenvalue weighted by atomic mass is 9.81. The Morgan fingerprint density at radius 2 is 2.28 bits per heavy atom. The Hall–Kier alpha value is -2.24. The second-order valence-electron chi connectivity index (χ2n) is 7.12. The van der Waals surface area contributed by atoms with Crippen molar-refractivity contribution < 1.29 is 19.4 Å². The normalized spacial score (nSPS) is 24.8. The van der Waals surface area contributed by atoms with Gasteiger partial charge >= 0.3 is 12.0 Å². The maximum atomic E-state index is 12.4. The van der Waals surface area contributed by atoms with Crippen molar-refractivity contribution in [3.63, 3.8) is 0 Å². The van der Waals surface area contributed by atoms with E-state index in [0.717, 1.165) is 31.4 Å². The Bertz CT molecular complexity index is 648. The molecule has 6 nitrogen and oxygen atoms in total. The second kappa shape index (κ2) is 7.33. The molecular weight excluding hydrogens is 320 g/mol. The van der Waals surface area contributed by atoms with Gasteiger partial charge in [-0.25, -0.2) is 4.79 Å². The molecule has 25 heavy (non-hydrogen) atoms. The topological polar surface area (TPSA) is 78.9 Å². The van der Waals surface area contributed by atoms with Crippen molar-refractivity contribution in [2.45, 2.75) is 32.1 Å². The van der Waals surface area contributed by atoms with Gasteiger partial charge in [0.2, 0.25) is 0 Å². The van der Waals surface area contributed by atoms with Crippen molar-refractivity contribution in [2.24, 2.45) is 11.3 Å². The van der Waals surface area contributed by atoms with E-state index >= 15 is 0 Å². The Kier molecular flexibility index (Phi) is 5.16. The zero-order chi connectivity index (χ0) is 17.9. The molecule has 3 rings (SSSR count). The number of methoxy groups -OCH3 is 1. The zero-order valence-electron chi connectivity index (χ0n) is 14.7. The number of hydrogen-bond acceptors (Lipinski definition) is 3. The molecule has 136 valence electrons. The minimum absolute atomic E-state index is 0.104. The summed E-state index contributed by atoms with van der Waals surface area (Å²) in [5.74, 6) is 0.194. The molecule has 2 fully saturated rings. The van der Waals surface area contributed by atoms with E-state index in [1.165, 1.54) is 5.56 Å². The lowest BCUT2D eigenvalue weighted by Gasteiger charge is -2.23. The van der Waals surface area contributed by atoms with E-state index in [-0.39, 0.29) is 11.9 Å². The summed E-state index contributed by atoms with van der Waals surface area (Å²) in [6.07, 6.45) is 4.24. The molecule has 1 aromatic rings. The number of carbonyl (C=O) groups is 2. The van der Waals surface area contributed by atoms with E-state index in [9.17, 15) is 14.7 Å². The van der Waals surface area contributed by atoms with Crippen molar-refractivity contribution in [2.75, 3.05) is 26.7 Å². The molecule has 2 N–H and O–H groups in total. The first-order valence-electron chi connectivity index (χ1n) is 8.94. The number of nitrogens with one attached hydrogen (secondary N) is 1. The van der Waals surface area contributed by atoms with E-state index in [1.54, 1.807) is 12.0 Å². The summed E-state index contributed by atoms with van der Waals surface area (Å²) >= 11 is 0. The molecule has 6 heteroatoms. The van der Waals surface area contributed by atoms with Crippen LogP contribution in [0.4, 0.5) is 4.79 Å². The van der Waals surface area contributed by atoms with E-state index in [0.29, 0.717) is 26.1 Å². The number of benzene rings is 1. The van der Waals surface area contributed by atoms with Crippen LogP contribution in [0.3, 0.4) is 0 Å². The largest absolute Gasteiger partial charge is 0.497 e. The number of rotatable bonds is 6. The van der Waals surface area contributed by atoms with Crippen molar-refractivity contribution >= 4 is 12.0 Å². The summed E-state index contributed by atoms with van der Waals surface area (Å²) in [5, 5.41) is 12.5. The van der Waals surface area contributed by atoms with E-state index in [4.69, 9.17) is 4.74 Å². The Labute approximate surface area is 148 Å². The highest BCUT2D eigenvalue weighted by molar-refractivity contribution is 5.80. The third-order valence-corrected chi connectivity index (χ3v) is 5.64. The number of amides is 2. The Morgan fingerprint density at radius 3 is 3.00 bits per heavy atom. The van der Waals surface area contributed by atoms with Crippen molar-refractivity contribution in [3.05, 3.63) is 29.8 Å². The smallest absolute Gasteiger partial charge is 0.317 e. The average molecular weight is 346 g/mol. The number of aryl methyl sites for hydroxylation is 1. The van der Waals surface area contributed by atoms with Gasteiger partial charge in [0.15, 0.2) is 0 Å². The number of likely N-dealkylation sites (tertiary alicyclic amines) is 1. The van der Waals surface area contributed by atoms with Gasteiger partial charge in [0, 0.05) is 19.6 Å². The Morgan fingerprint density at radius 1 is 1.44 bits per heavy atom. The average Bonchev–Trinajstić information content (AvgIpc) is 3.17. The second-order valence-corrected chi connectivity index (χ2v) is 7.12. The predicted molar refractivity (Wildman–Crippen MR) is 93.7 cm³/mol. The molecule has 0 unspecified atom stereocenters. The van der Waals surface area contributed by atoms with Gasteiger partial charge in [0.25, 0.3) is 0 Å².